The number of hydrogen-bond donors (Lipinski definition) is 2. The summed E-state index contributed by atoms with van der Waals surface area (Å²) in [6, 6.07) is 9.76. The summed E-state index contributed by atoms with van der Waals surface area (Å²) in [6.45, 7) is -0.144. The summed E-state index contributed by atoms with van der Waals surface area (Å²) in [7, 11) is 0. The Labute approximate surface area is 179 Å². The van der Waals surface area contributed by atoms with Crippen LogP contribution in [-0.4, -0.2) is 33.8 Å². The molecule has 4 rings (SSSR count). The third-order valence-corrected chi connectivity index (χ3v) is 4.80. The molecule has 0 aliphatic carbocycles. The van der Waals surface area contributed by atoms with Crippen LogP contribution in [0.2, 0.25) is 5.02 Å². The van der Waals surface area contributed by atoms with Crippen molar-refractivity contribution in [2.45, 2.75) is 6.54 Å². The van der Waals surface area contributed by atoms with Gasteiger partial charge in [-0.15, -0.1) is 0 Å². The molecule has 2 aromatic heterocycles. The number of imide groups is 2. The fraction of sp³-hybridized carbons (Fsp3) is 0.0476. The summed E-state index contributed by atoms with van der Waals surface area (Å²) in [4.78, 5) is 49.1. The van der Waals surface area contributed by atoms with Crippen molar-refractivity contribution in [1.29, 1.82) is 0 Å². The Bertz CT molecular complexity index is 1240. The maximum absolute atomic E-state index is 12.7. The van der Waals surface area contributed by atoms with Gasteiger partial charge in [0.1, 0.15) is 22.9 Å². The van der Waals surface area contributed by atoms with Gasteiger partial charge in [0.15, 0.2) is 0 Å². The van der Waals surface area contributed by atoms with E-state index >= 15 is 0 Å². The molecule has 1 aliphatic heterocycles. The Morgan fingerprint density at radius 2 is 1.97 bits per heavy atom. The topological polar surface area (TPSA) is 130 Å². The summed E-state index contributed by atoms with van der Waals surface area (Å²) in [5.41, 5.74) is 0.0549. The number of hydrogen-bond acceptors (Lipinski definition) is 6. The highest BCUT2D eigenvalue weighted by molar-refractivity contribution is 6.33. The molecular formula is C21H13ClN2O7. The highest BCUT2D eigenvalue weighted by atomic mass is 35.5. The highest BCUT2D eigenvalue weighted by Gasteiger charge is 2.36. The number of nitrogens with zero attached hydrogens (tertiary/aromatic N) is 1. The second-order valence-electron chi connectivity index (χ2n) is 6.49. The molecule has 1 saturated heterocycles. The van der Waals surface area contributed by atoms with Gasteiger partial charge in [-0.2, -0.15) is 0 Å². The Balaban J connectivity index is 1.62. The largest absolute Gasteiger partial charge is 0.478 e. The van der Waals surface area contributed by atoms with Gasteiger partial charge in [0.05, 0.1) is 23.4 Å². The van der Waals surface area contributed by atoms with Crippen LogP contribution in [0.25, 0.3) is 17.4 Å². The number of amides is 4. The molecule has 9 nitrogen and oxygen atoms in total. The predicted molar refractivity (Wildman–Crippen MR) is 107 cm³/mol. The summed E-state index contributed by atoms with van der Waals surface area (Å²) in [5.74, 6) is -2.02. The number of carbonyl (C=O) groups excluding carboxylic acids is 3. The molecule has 3 aromatic rings. The number of rotatable bonds is 5. The smallest absolute Gasteiger partial charge is 0.337 e. The SMILES string of the molecule is O=C1NC(=O)N(Cc2ccco2)C(=O)/C1=C/c1ccc(-c2ccc(Cl)c(C(=O)O)c2)o1. The number of barbiturate groups is 1. The maximum Gasteiger partial charge on any atom is 0.337 e. The Hall–Kier alpha value is -4.11. The Morgan fingerprint density at radius 1 is 1.16 bits per heavy atom. The molecule has 0 saturated carbocycles. The number of halogens is 1. The standard InChI is InChI=1S/C21H13ClN2O7/c22-16-5-3-11(8-14(16)20(27)28)17-6-4-12(31-17)9-15-18(25)23-21(29)24(19(15)26)10-13-2-1-7-30-13/h1-9H,10H2,(H,27,28)(H,23,25,29)/b15-9+. The van der Waals surface area contributed by atoms with E-state index in [-0.39, 0.29) is 28.5 Å². The molecule has 1 aromatic carbocycles. The lowest BCUT2D eigenvalue weighted by molar-refractivity contribution is -0.130. The van der Waals surface area contributed by atoms with Crippen LogP contribution in [-0.2, 0) is 16.1 Å². The van der Waals surface area contributed by atoms with E-state index in [0.717, 1.165) is 4.90 Å². The number of benzene rings is 1. The van der Waals surface area contributed by atoms with Crippen LogP contribution in [0.5, 0.6) is 0 Å². The summed E-state index contributed by atoms with van der Waals surface area (Å²) < 4.78 is 10.8. The van der Waals surface area contributed by atoms with Gasteiger partial charge < -0.3 is 13.9 Å². The monoisotopic (exact) mass is 440 g/mol. The van der Waals surface area contributed by atoms with Gasteiger partial charge >= 0.3 is 12.0 Å². The molecule has 1 fully saturated rings. The van der Waals surface area contributed by atoms with E-state index in [1.165, 1.54) is 30.5 Å². The van der Waals surface area contributed by atoms with Crippen molar-refractivity contribution >= 4 is 41.5 Å². The minimum Gasteiger partial charge on any atom is -0.478 e. The molecule has 2 N–H and O–H groups in total. The van der Waals surface area contributed by atoms with E-state index in [9.17, 15) is 24.3 Å². The molecule has 10 heteroatoms. The van der Waals surface area contributed by atoms with Gasteiger partial charge in [-0.3, -0.25) is 19.8 Å². The summed E-state index contributed by atoms with van der Waals surface area (Å²) in [6.07, 6.45) is 2.61. The van der Waals surface area contributed by atoms with Crippen LogP contribution >= 0.6 is 11.6 Å². The molecule has 3 heterocycles. The van der Waals surface area contributed by atoms with Crippen molar-refractivity contribution in [3.8, 4) is 11.3 Å². The summed E-state index contributed by atoms with van der Waals surface area (Å²) in [5, 5.41) is 11.4. The van der Waals surface area contributed by atoms with E-state index < -0.39 is 23.8 Å². The fourth-order valence-corrected chi connectivity index (χ4v) is 3.16. The molecule has 1 aliphatic rings. The third kappa shape index (κ3) is 3.99. The normalized spacial score (nSPS) is 15.5. The van der Waals surface area contributed by atoms with Gasteiger partial charge in [0, 0.05) is 5.56 Å². The van der Waals surface area contributed by atoms with Crippen LogP contribution in [0.1, 0.15) is 21.9 Å². The van der Waals surface area contributed by atoms with Gasteiger partial charge in [-0.25, -0.2) is 9.59 Å². The molecule has 0 bridgehead atoms. The zero-order chi connectivity index (χ0) is 22.1. The number of aromatic carboxylic acids is 1. The lowest BCUT2D eigenvalue weighted by atomic mass is 10.1. The van der Waals surface area contributed by atoms with E-state index in [2.05, 4.69) is 5.32 Å². The number of furan rings is 2. The van der Waals surface area contributed by atoms with Crippen LogP contribution in [0.15, 0.2) is 63.1 Å². The van der Waals surface area contributed by atoms with Gasteiger partial charge in [0.25, 0.3) is 11.8 Å². The number of carboxylic acid groups (broad SMARTS) is 1. The minimum absolute atomic E-state index is 0.0796. The molecule has 4 amide bonds. The van der Waals surface area contributed by atoms with Gasteiger partial charge in [-0.05, 0) is 48.5 Å². The minimum atomic E-state index is -1.19. The van der Waals surface area contributed by atoms with E-state index in [0.29, 0.717) is 17.1 Å². The molecule has 156 valence electrons. The maximum atomic E-state index is 12.7. The van der Waals surface area contributed by atoms with Crippen LogP contribution in [0.3, 0.4) is 0 Å². The first-order chi connectivity index (χ1) is 14.8. The summed E-state index contributed by atoms with van der Waals surface area (Å²) >= 11 is 5.88. The zero-order valence-electron chi connectivity index (χ0n) is 15.6. The molecular weight excluding hydrogens is 428 g/mol. The highest BCUT2D eigenvalue weighted by Crippen LogP contribution is 2.28. The van der Waals surface area contributed by atoms with Gasteiger partial charge in [-0.1, -0.05) is 11.6 Å². The quantitative estimate of drug-likeness (QED) is 0.458. The van der Waals surface area contributed by atoms with Crippen molar-refractivity contribution in [1.82, 2.24) is 10.2 Å². The van der Waals surface area contributed by atoms with Crippen molar-refractivity contribution < 1.29 is 33.1 Å². The number of urea groups is 1. The predicted octanol–water partition coefficient (Wildman–Crippen LogP) is 3.55. The first-order valence-electron chi connectivity index (χ1n) is 8.88. The second-order valence-corrected chi connectivity index (χ2v) is 6.90. The van der Waals surface area contributed by atoms with Crippen molar-refractivity contribution in [2.75, 3.05) is 0 Å². The van der Waals surface area contributed by atoms with E-state index in [1.54, 1.807) is 24.3 Å². The number of carbonyl (C=O) groups is 4. The average molecular weight is 441 g/mol. The Morgan fingerprint density at radius 3 is 2.68 bits per heavy atom. The molecule has 0 atom stereocenters. The van der Waals surface area contributed by atoms with Crippen molar-refractivity contribution in [3.05, 3.63) is 76.4 Å². The molecule has 0 spiro atoms. The lowest BCUT2D eigenvalue weighted by Crippen LogP contribution is -2.53. The first-order valence-corrected chi connectivity index (χ1v) is 9.25. The first kappa shape index (κ1) is 20.2. The second kappa shape index (κ2) is 7.96. The van der Waals surface area contributed by atoms with E-state index in [1.807, 2.05) is 0 Å². The van der Waals surface area contributed by atoms with Gasteiger partial charge in [0.2, 0.25) is 0 Å². The zero-order valence-corrected chi connectivity index (χ0v) is 16.4. The average Bonchev–Trinajstić information content (AvgIpc) is 3.40. The van der Waals surface area contributed by atoms with Crippen molar-refractivity contribution in [2.24, 2.45) is 0 Å². The molecule has 31 heavy (non-hydrogen) atoms. The van der Waals surface area contributed by atoms with E-state index in [4.69, 9.17) is 20.4 Å². The molecule has 0 radical (unpaired) electrons. The fourth-order valence-electron chi connectivity index (χ4n) is 2.97. The number of carboxylic acids is 1. The van der Waals surface area contributed by atoms with Crippen LogP contribution in [0.4, 0.5) is 4.79 Å². The lowest BCUT2D eigenvalue weighted by Gasteiger charge is -2.25. The van der Waals surface area contributed by atoms with Crippen LogP contribution < -0.4 is 5.32 Å². The molecule has 0 unspecified atom stereocenters. The Kier molecular flexibility index (Phi) is 5.18. The third-order valence-electron chi connectivity index (χ3n) is 4.47. The number of nitrogens with one attached hydrogen (secondary N) is 1. The van der Waals surface area contributed by atoms with Crippen LogP contribution in [0, 0.1) is 0 Å². The van der Waals surface area contributed by atoms with Crippen molar-refractivity contribution in [3.63, 3.8) is 0 Å².